The minimum atomic E-state index is -1.33. The minimum Gasteiger partial charge on any atom is -0.478 e. The van der Waals surface area contributed by atoms with Crippen molar-refractivity contribution in [1.29, 1.82) is 5.41 Å². The Labute approximate surface area is 135 Å². The number of hydrogen-bond acceptors (Lipinski definition) is 8. The summed E-state index contributed by atoms with van der Waals surface area (Å²) in [4.78, 5) is 18.7. The first kappa shape index (κ1) is 16.6. The van der Waals surface area contributed by atoms with E-state index < -0.39 is 36.7 Å². The number of aliphatic hydroxyl groups is 3. The van der Waals surface area contributed by atoms with Crippen LogP contribution in [0.2, 0.25) is 0 Å². The predicted octanol–water partition coefficient (Wildman–Crippen LogP) is -1.30. The fraction of sp³-hybridized carbons (Fsp3) is 0.500. The second-order valence-electron chi connectivity index (χ2n) is 5.37. The Bertz CT molecular complexity index is 815. The van der Waals surface area contributed by atoms with Crippen LogP contribution in [0.15, 0.2) is 17.3 Å². The number of fused-ring (bicyclic) bond motifs is 1. The van der Waals surface area contributed by atoms with Crippen LogP contribution in [0.25, 0.3) is 11.0 Å². The van der Waals surface area contributed by atoms with Crippen LogP contribution in [-0.2, 0) is 9.47 Å². The van der Waals surface area contributed by atoms with Crippen molar-refractivity contribution in [3.8, 4) is 0 Å². The summed E-state index contributed by atoms with van der Waals surface area (Å²) in [6.07, 6.45) is -2.03. The van der Waals surface area contributed by atoms with Gasteiger partial charge in [0.05, 0.1) is 30.5 Å². The van der Waals surface area contributed by atoms with Crippen LogP contribution in [0.5, 0.6) is 0 Å². The summed E-state index contributed by atoms with van der Waals surface area (Å²) in [6.45, 7) is 1.49. The maximum atomic E-state index is 12.1. The smallest absolute Gasteiger partial charge is 0.261 e. The molecule has 0 saturated carbocycles. The highest BCUT2D eigenvalue weighted by Crippen LogP contribution is 2.32. The summed E-state index contributed by atoms with van der Waals surface area (Å²) >= 11 is 0. The third-order valence-corrected chi connectivity index (χ3v) is 3.94. The lowest BCUT2D eigenvalue weighted by atomic mass is 10.1. The van der Waals surface area contributed by atoms with Crippen molar-refractivity contribution in [1.82, 2.24) is 14.5 Å². The van der Waals surface area contributed by atoms with Gasteiger partial charge in [-0.2, -0.15) is 0 Å². The van der Waals surface area contributed by atoms with Crippen molar-refractivity contribution < 1.29 is 24.8 Å². The number of ether oxygens (including phenoxy) is 2. The van der Waals surface area contributed by atoms with Gasteiger partial charge in [0.2, 0.25) is 5.90 Å². The Balaban J connectivity index is 2.14. The van der Waals surface area contributed by atoms with Crippen molar-refractivity contribution >= 4 is 16.9 Å². The van der Waals surface area contributed by atoms with Crippen molar-refractivity contribution in [2.24, 2.45) is 0 Å². The van der Waals surface area contributed by atoms with E-state index in [-0.39, 0.29) is 29.1 Å². The van der Waals surface area contributed by atoms with Gasteiger partial charge in [0.1, 0.15) is 24.0 Å². The molecule has 4 unspecified atom stereocenters. The molecule has 1 aliphatic heterocycles. The summed E-state index contributed by atoms with van der Waals surface area (Å²) in [5.41, 5.74) is -0.100. The molecule has 1 aliphatic rings. The molecule has 3 heterocycles. The molecular weight excluding hydrogens is 320 g/mol. The zero-order chi connectivity index (χ0) is 17.4. The first-order valence-corrected chi connectivity index (χ1v) is 7.42. The van der Waals surface area contributed by atoms with E-state index in [2.05, 4.69) is 9.97 Å². The number of hydrogen-bond donors (Lipinski definition) is 5. The lowest BCUT2D eigenvalue weighted by Gasteiger charge is -2.17. The van der Waals surface area contributed by atoms with Gasteiger partial charge >= 0.3 is 0 Å². The predicted molar refractivity (Wildman–Crippen MR) is 81.8 cm³/mol. The van der Waals surface area contributed by atoms with Crippen LogP contribution >= 0.6 is 0 Å². The van der Waals surface area contributed by atoms with E-state index >= 15 is 0 Å². The van der Waals surface area contributed by atoms with Crippen LogP contribution in [0.4, 0.5) is 0 Å². The van der Waals surface area contributed by atoms with Gasteiger partial charge in [-0.25, -0.2) is 4.98 Å². The largest absolute Gasteiger partial charge is 0.478 e. The number of aliphatic hydroxyl groups excluding tert-OH is 3. The molecule has 1 saturated heterocycles. The highest BCUT2D eigenvalue weighted by molar-refractivity contribution is 6.04. The first-order valence-electron chi connectivity index (χ1n) is 7.42. The zero-order valence-corrected chi connectivity index (χ0v) is 12.8. The van der Waals surface area contributed by atoms with Crippen molar-refractivity contribution in [3.63, 3.8) is 0 Å². The molecule has 0 aliphatic carbocycles. The number of nitrogens with one attached hydrogen (secondary N) is 2. The third kappa shape index (κ3) is 2.49. The number of aromatic amines is 1. The van der Waals surface area contributed by atoms with Crippen LogP contribution in [0.3, 0.4) is 0 Å². The van der Waals surface area contributed by atoms with E-state index in [1.165, 1.54) is 17.1 Å². The molecule has 5 N–H and O–H groups in total. The molecule has 3 rings (SSSR count). The van der Waals surface area contributed by atoms with Gasteiger partial charge in [0.15, 0.2) is 6.23 Å². The Morgan fingerprint density at radius 3 is 2.88 bits per heavy atom. The maximum absolute atomic E-state index is 12.1. The maximum Gasteiger partial charge on any atom is 0.261 e. The molecule has 4 atom stereocenters. The highest BCUT2D eigenvalue weighted by Gasteiger charge is 2.44. The van der Waals surface area contributed by atoms with E-state index in [1.54, 1.807) is 6.92 Å². The Morgan fingerprint density at radius 2 is 2.25 bits per heavy atom. The molecule has 0 aromatic carbocycles. The van der Waals surface area contributed by atoms with Crippen molar-refractivity contribution in [2.75, 3.05) is 13.2 Å². The van der Waals surface area contributed by atoms with Crippen molar-refractivity contribution in [2.45, 2.75) is 31.5 Å². The van der Waals surface area contributed by atoms with E-state index in [9.17, 15) is 20.1 Å². The van der Waals surface area contributed by atoms with E-state index in [1.807, 2.05) is 0 Å². The van der Waals surface area contributed by atoms with Gasteiger partial charge in [-0.3, -0.25) is 10.2 Å². The molecule has 0 spiro atoms. The number of rotatable bonds is 4. The molecule has 130 valence electrons. The van der Waals surface area contributed by atoms with Gasteiger partial charge in [-0.05, 0) is 6.92 Å². The van der Waals surface area contributed by atoms with Crippen LogP contribution in [0.1, 0.15) is 18.7 Å². The lowest BCUT2D eigenvalue weighted by Crippen LogP contribution is -2.33. The molecule has 0 radical (unpaired) electrons. The fourth-order valence-corrected chi connectivity index (χ4v) is 2.79. The topological polar surface area (TPSA) is 154 Å². The van der Waals surface area contributed by atoms with E-state index in [0.29, 0.717) is 0 Å². The summed E-state index contributed by atoms with van der Waals surface area (Å²) in [5, 5.41) is 37.4. The summed E-state index contributed by atoms with van der Waals surface area (Å²) < 4.78 is 12.0. The summed E-state index contributed by atoms with van der Waals surface area (Å²) in [7, 11) is 0. The minimum absolute atomic E-state index is 0.119. The number of nitrogens with zero attached hydrogens (tertiary/aromatic N) is 2. The van der Waals surface area contributed by atoms with Crippen molar-refractivity contribution in [3.05, 3.63) is 28.4 Å². The van der Waals surface area contributed by atoms with Crippen LogP contribution in [-0.4, -0.2) is 67.3 Å². The van der Waals surface area contributed by atoms with Gasteiger partial charge in [-0.15, -0.1) is 0 Å². The quantitative estimate of drug-likeness (QED) is 0.343. The van der Waals surface area contributed by atoms with Crippen LogP contribution in [0, 0.1) is 5.41 Å². The monoisotopic (exact) mass is 338 g/mol. The van der Waals surface area contributed by atoms with Gasteiger partial charge in [0, 0.05) is 6.20 Å². The Morgan fingerprint density at radius 1 is 1.50 bits per heavy atom. The fourth-order valence-electron chi connectivity index (χ4n) is 2.79. The molecule has 0 amide bonds. The average Bonchev–Trinajstić information content (AvgIpc) is 3.08. The molecule has 1 fully saturated rings. The molecule has 0 bridgehead atoms. The molecule has 2 aromatic rings. The second-order valence-corrected chi connectivity index (χ2v) is 5.37. The normalized spacial score (nSPS) is 26.8. The van der Waals surface area contributed by atoms with Gasteiger partial charge in [-0.1, -0.05) is 0 Å². The second kappa shape index (κ2) is 6.32. The molecule has 2 aromatic heterocycles. The van der Waals surface area contributed by atoms with Gasteiger partial charge < -0.3 is 34.3 Å². The Hall–Kier alpha value is -2.27. The third-order valence-electron chi connectivity index (χ3n) is 3.94. The molecule has 10 nitrogen and oxygen atoms in total. The number of H-pyrrole nitrogens is 1. The summed E-state index contributed by atoms with van der Waals surface area (Å²) in [6, 6.07) is 0. The molecule has 24 heavy (non-hydrogen) atoms. The molecular formula is C14H18N4O6. The van der Waals surface area contributed by atoms with E-state index in [0.717, 1.165) is 0 Å². The highest BCUT2D eigenvalue weighted by atomic mass is 16.6. The summed E-state index contributed by atoms with van der Waals surface area (Å²) in [5.74, 6) is -0.216. The average molecular weight is 338 g/mol. The van der Waals surface area contributed by atoms with Gasteiger partial charge in [0.25, 0.3) is 5.56 Å². The standard InChI is InChI=1S/C14H18N4O6/c1-2-23-11(15)6-3-18(12-8(6)13(22)17-5-16-12)14-10(21)9(20)7(4-19)24-14/h3,5,7,9-10,14-15,19-21H,2,4H2,1H3,(H,16,17,22). The number of aromatic nitrogens is 3. The first-order chi connectivity index (χ1) is 11.5. The molecule has 10 heteroatoms. The lowest BCUT2D eigenvalue weighted by molar-refractivity contribution is -0.0508. The van der Waals surface area contributed by atoms with Crippen LogP contribution < -0.4 is 5.56 Å². The van der Waals surface area contributed by atoms with E-state index in [4.69, 9.17) is 14.9 Å². The zero-order valence-electron chi connectivity index (χ0n) is 12.8. The SMILES string of the molecule is CCOC(=N)c1cn(C2OC(CO)C(O)C2O)c2nc[nH]c(=O)c12. The Kier molecular flexibility index (Phi) is 4.37.